The first-order valence-electron chi connectivity index (χ1n) is 6.88. The van der Waals surface area contributed by atoms with E-state index in [1.807, 2.05) is 12.1 Å². The summed E-state index contributed by atoms with van der Waals surface area (Å²) in [7, 11) is 0. The summed E-state index contributed by atoms with van der Waals surface area (Å²) in [4.78, 5) is 4.84. The van der Waals surface area contributed by atoms with Crippen LogP contribution in [0, 0.1) is 13.8 Å². The van der Waals surface area contributed by atoms with E-state index in [1.165, 1.54) is 22.1 Å². The number of para-hydroxylation sites is 1. The minimum atomic E-state index is 0.777. The van der Waals surface area contributed by atoms with Gasteiger partial charge < -0.3 is 0 Å². The van der Waals surface area contributed by atoms with Crippen LogP contribution in [0.5, 0.6) is 0 Å². The van der Waals surface area contributed by atoms with Gasteiger partial charge in [-0.15, -0.1) is 11.8 Å². The Kier molecular flexibility index (Phi) is 4.18. The minimum absolute atomic E-state index is 0.777. The first kappa shape index (κ1) is 14.4. The van der Waals surface area contributed by atoms with Crippen LogP contribution >= 0.6 is 23.4 Å². The van der Waals surface area contributed by atoms with Crippen LogP contribution in [0.3, 0.4) is 0 Å². The van der Waals surface area contributed by atoms with Crippen LogP contribution < -0.4 is 0 Å². The molecule has 0 radical (unpaired) electrons. The fourth-order valence-electron chi connectivity index (χ4n) is 2.31. The molecular weight excluding hydrogens is 298 g/mol. The van der Waals surface area contributed by atoms with Crippen molar-refractivity contribution < 1.29 is 0 Å². The number of thioether (sulfide) groups is 1. The van der Waals surface area contributed by atoms with E-state index in [4.69, 9.17) is 16.6 Å². The van der Waals surface area contributed by atoms with Gasteiger partial charge in [0.15, 0.2) is 0 Å². The molecule has 0 spiro atoms. The van der Waals surface area contributed by atoms with Crippen molar-refractivity contribution in [3.63, 3.8) is 0 Å². The number of hydrogen-bond acceptors (Lipinski definition) is 2. The number of benzene rings is 2. The number of pyridine rings is 1. The smallest absolute Gasteiger partial charge is 0.1000 e. The van der Waals surface area contributed by atoms with Gasteiger partial charge in [0.2, 0.25) is 0 Å². The van der Waals surface area contributed by atoms with E-state index in [0.29, 0.717) is 0 Å². The molecule has 3 heteroatoms. The number of aryl methyl sites for hydroxylation is 2. The quantitative estimate of drug-likeness (QED) is 0.567. The molecule has 1 heterocycles. The number of rotatable bonds is 3. The highest BCUT2D eigenvalue weighted by Gasteiger charge is 2.06. The van der Waals surface area contributed by atoms with E-state index in [-0.39, 0.29) is 0 Å². The monoisotopic (exact) mass is 313 g/mol. The number of hydrogen-bond donors (Lipinski definition) is 0. The summed E-state index contributed by atoms with van der Waals surface area (Å²) >= 11 is 7.69. The summed E-state index contributed by atoms with van der Waals surface area (Å²) in [6.45, 7) is 4.23. The maximum absolute atomic E-state index is 5.92. The first-order chi connectivity index (χ1) is 10.1. The number of nitrogens with zero attached hydrogens (tertiary/aromatic N) is 1. The summed E-state index contributed by atoms with van der Waals surface area (Å²) in [5, 5.41) is 3.09. The number of halogens is 1. The van der Waals surface area contributed by atoms with Gasteiger partial charge in [0.25, 0.3) is 0 Å². The lowest BCUT2D eigenvalue weighted by atomic mass is 10.1. The van der Waals surface area contributed by atoms with Crippen LogP contribution in [-0.4, -0.2) is 4.98 Å². The molecule has 21 heavy (non-hydrogen) atoms. The van der Waals surface area contributed by atoms with Gasteiger partial charge in [-0.05, 0) is 48.7 Å². The average molecular weight is 314 g/mol. The van der Waals surface area contributed by atoms with E-state index < -0.39 is 0 Å². The maximum Gasteiger partial charge on any atom is 0.1000 e. The summed E-state index contributed by atoms with van der Waals surface area (Å²) in [6.07, 6.45) is 0. The Morgan fingerprint density at radius 1 is 1.00 bits per heavy atom. The zero-order valence-corrected chi connectivity index (χ0v) is 13.6. The highest BCUT2D eigenvalue weighted by Crippen LogP contribution is 2.28. The van der Waals surface area contributed by atoms with Gasteiger partial charge in [-0.3, -0.25) is 0 Å². The zero-order valence-electron chi connectivity index (χ0n) is 12.1. The Morgan fingerprint density at radius 3 is 2.52 bits per heavy atom. The fraction of sp³-hybridized carbons (Fsp3) is 0.167. The molecule has 3 aromatic rings. The zero-order chi connectivity index (χ0) is 14.8. The van der Waals surface area contributed by atoms with Crippen molar-refractivity contribution >= 4 is 34.3 Å². The third-order valence-corrected chi connectivity index (χ3v) is 4.90. The van der Waals surface area contributed by atoms with Crippen LogP contribution in [0.2, 0.25) is 5.02 Å². The van der Waals surface area contributed by atoms with Crippen LogP contribution in [0.4, 0.5) is 0 Å². The predicted octanol–water partition coefficient (Wildman–Crippen LogP) is 5.80. The van der Waals surface area contributed by atoms with Gasteiger partial charge in [0, 0.05) is 16.2 Å². The van der Waals surface area contributed by atoms with Gasteiger partial charge in [-0.2, -0.15) is 0 Å². The number of aromatic nitrogens is 1. The first-order valence-corrected chi connectivity index (χ1v) is 8.24. The van der Waals surface area contributed by atoms with Crippen molar-refractivity contribution in [1.82, 2.24) is 4.98 Å². The Labute approximate surface area is 134 Å². The fourth-order valence-corrected chi connectivity index (χ4v) is 3.38. The molecule has 0 aliphatic heterocycles. The Hall–Kier alpha value is -1.51. The summed E-state index contributed by atoms with van der Waals surface area (Å²) < 4.78 is 0. The van der Waals surface area contributed by atoms with E-state index in [2.05, 4.69) is 50.2 Å². The van der Waals surface area contributed by atoms with Crippen LogP contribution in [0.25, 0.3) is 10.9 Å². The van der Waals surface area contributed by atoms with Crippen molar-refractivity contribution in [2.24, 2.45) is 0 Å². The molecule has 0 saturated carbocycles. The second-order valence-electron chi connectivity index (χ2n) is 5.17. The molecule has 0 fully saturated rings. The number of fused-ring (bicyclic) bond motifs is 1. The van der Waals surface area contributed by atoms with E-state index >= 15 is 0 Å². The Balaban J connectivity index is 1.88. The summed E-state index contributed by atoms with van der Waals surface area (Å²) in [5.41, 5.74) is 4.81. The Morgan fingerprint density at radius 2 is 1.76 bits per heavy atom. The van der Waals surface area contributed by atoms with Crippen molar-refractivity contribution in [2.75, 3.05) is 0 Å². The molecule has 0 aliphatic rings. The molecule has 3 rings (SSSR count). The standard InChI is InChI=1S/C18H16ClNS/c1-12-4-3-5-15-10-13(2)18(20-17(12)15)21-11-14-6-8-16(19)9-7-14/h3-10H,11H2,1-2H3. The SMILES string of the molecule is Cc1cc2cccc(C)c2nc1SCc1ccc(Cl)cc1. The van der Waals surface area contributed by atoms with Crippen molar-refractivity contribution in [3.8, 4) is 0 Å². The molecule has 0 atom stereocenters. The molecule has 0 amide bonds. The Bertz CT molecular complexity index is 781. The van der Waals surface area contributed by atoms with Gasteiger partial charge in [-0.25, -0.2) is 4.98 Å². The largest absolute Gasteiger partial charge is 0.241 e. The highest BCUT2D eigenvalue weighted by molar-refractivity contribution is 7.98. The molecule has 0 aliphatic carbocycles. The molecule has 1 aromatic heterocycles. The topological polar surface area (TPSA) is 12.9 Å². The lowest BCUT2D eigenvalue weighted by Gasteiger charge is -2.09. The van der Waals surface area contributed by atoms with Crippen LogP contribution in [0.15, 0.2) is 53.6 Å². The van der Waals surface area contributed by atoms with Gasteiger partial charge in [-0.1, -0.05) is 41.9 Å². The van der Waals surface area contributed by atoms with Gasteiger partial charge >= 0.3 is 0 Å². The predicted molar refractivity (Wildman–Crippen MR) is 92.2 cm³/mol. The average Bonchev–Trinajstić information content (AvgIpc) is 2.47. The van der Waals surface area contributed by atoms with E-state index in [0.717, 1.165) is 21.3 Å². The lowest BCUT2D eigenvalue weighted by molar-refractivity contribution is 1.11. The third kappa shape index (κ3) is 3.22. The van der Waals surface area contributed by atoms with E-state index in [9.17, 15) is 0 Å². The molecule has 0 saturated heterocycles. The molecule has 2 aromatic carbocycles. The molecule has 106 valence electrons. The van der Waals surface area contributed by atoms with Crippen LogP contribution in [0.1, 0.15) is 16.7 Å². The lowest BCUT2D eigenvalue weighted by Crippen LogP contribution is -1.91. The minimum Gasteiger partial charge on any atom is -0.241 e. The third-order valence-electron chi connectivity index (χ3n) is 3.48. The molecular formula is C18H16ClNS. The highest BCUT2D eigenvalue weighted by atomic mass is 35.5. The second-order valence-corrected chi connectivity index (χ2v) is 6.57. The molecule has 0 N–H and O–H groups in total. The molecule has 1 nitrogen and oxygen atoms in total. The normalized spacial score (nSPS) is 11.0. The van der Waals surface area contributed by atoms with Crippen LogP contribution in [-0.2, 0) is 5.75 Å². The second kappa shape index (κ2) is 6.08. The van der Waals surface area contributed by atoms with E-state index in [1.54, 1.807) is 11.8 Å². The maximum atomic E-state index is 5.92. The van der Waals surface area contributed by atoms with Crippen molar-refractivity contribution in [3.05, 3.63) is 70.2 Å². The van der Waals surface area contributed by atoms with Crippen molar-refractivity contribution in [1.29, 1.82) is 0 Å². The van der Waals surface area contributed by atoms with Crippen molar-refractivity contribution in [2.45, 2.75) is 24.6 Å². The van der Waals surface area contributed by atoms with Gasteiger partial charge in [0.05, 0.1) is 10.5 Å². The van der Waals surface area contributed by atoms with Gasteiger partial charge in [0.1, 0.15) is 0 Å². The molecule has 0 bridgehead atoms. The summed E-state index contributed by atoms with van der Waals surface area (Å²) in [6, 6.07) is 16.5. The molecule has 0 unspecified atom stereocenters. The summed E-state index contributed by atoms with van der Waals surface area (Å²) in [5.74, 6) is 0.905.